The molecule has 1 atom stereocenters. The Bertz CT molecular complexity index is 1360. The number of fused-ring (bicyclic) bond motifs is 1. The molecule has 4 rings (SSSR count). The van der Waals surface area contributed by atoms with E-state index < -0.39 is 23.6 Å². The third kappa shape index (κ3) is 6.66. The van der Waals surface area contributed by atoms with Crippen LogP contribution in [-0.2, 0) is 11.3 Å². The van der Waals surface area contributed by atoms with Crippen molar-refractivity contribution in [3.8, 4) is 5.75 Å². The van der Waals surface area contributed by atoms with E-state index in [0.29, 0.717) is 33.5 Å². The zero-order valence-electron chi connectivity index (χ0n) is 21.6. The lowest BCUT2D eigenvalue weighted by Crippen LogP contribution is -2.37. The molecule has 3 aromatic carbocycles. The summed E-state index contributed by atoms with van der Waals surface area (Å²) in [6.45, 7) is 8.25. The van der Waals surface area contributed by atoms with Gasteiger partial charge in [0.15, 0.2) is 0 Å². The molecular formula is C29H29BrClFN2O4. The number of carbonyl (C=O) groups excluding carboxylic acids is 2. The average molecular weight is 604 g/mol. The fourth-order valence-electron chi connectivity index (χ4n) is 4.14. The molecule has 0 bridgehead atoms. The van der Waals surface area contributed by atoms with Gasteiger partial charge in [-0.1, -0.05) is 47.5 Å². The summed E-state index contributed by atoms with van der Waals surface area (Å²) in [5, 5.41) is 3.26. The van der Waals surface area contributed by atoms with Crippen LogP contribution in [0.1, 0.15) is 59.4 Å². The number of rotatable bonds is 4. The van der Waals surface area contributed by atoms with Gasteiger partial charge in [-0.25, -0.2) is 9.18 Å². The van der Waals surface area contributed by atoms with Crippen molar-refractivity contribution in [1.29, 1.82) is 0 Å². The molecule has 1 unspecified atom stereocenters. The largest absolute Gasteiger partial charge is 0.490 e. The lowest BCUT2D eigenvalue weighted by Gasteiger charge is -2.26. The lowest BCUT2D eigenvalue weighted by molar-refractivity contribution is 0.0225. The maximum atomic E-state index is 13.8. The Kier molecular flexibility index (Phi) is 8.33. The van der Waals surface area contributed by atoms with E-state index in [9.17, 15) is 14.0 Å². The minimum Gasteiger partial charge on any atom is -0.490 e. The van der Waals surface area contributed by atoms with Gasteiger partial charge in [0.2, 0.25) is 0 Å². The van der Waals surface area contributed by atoms with Crippen LogP contribution >= 0.6 is 27.5 Å². The number of aryl methyl sites for hydroxylation is 1. The zero-order valence-corrected chi connectivity index (χ0v) is 24.0. The molecule has 1 aliphatic heterocycles. The van der Waals surface area contributed by atoms with Crippen LogP contribution in [0.25, 0.3) is 0 Å². The van der Waals surface area contributed by atoms with Crippen LogP contribution in [0.5, 0.6) is 5.75 Å². The predicted molar refractivity (Wildman–Crippen MR) is 148 cm³/mol. The van der Waals surface area contributed by atoms with Gasteiger partial charge in [0.1, 0.15) is 23.8 Å². The van der Waals surface area contributed by atoms with Crippen LogP contribution in [0.2, 0.25) is 5.02 Å². The summed E-state index contributed by atoms with van der Waals surface area (Å²) in [4.78, 5) is 27.9. The van der Waals surface area contributed by atoms with E-state index in [0.717, 1.165) is 11.1 Å². The number of halogens is 3. The van der Waals surface area contributed by atoms with Crippen LogP contribution in [0.15, 0.2) is 59.1 Å². The molecule has 2 amide bonds. The number of benzene rings is 3. The van der Waals surface area contributed by atoms with Gasteiger partial charge in [-0.15, -0.1) is 0 Å². The van der Waals surface area contributed by atoms with E-state index in [1.165, 1.54) is 12.1 Å². The molecule has 38 heavy (non-hydrogen) atoms. The van der Waals surface area contributed by atoms with Crippen molar-refractivity contribution >= 4 is 39.5 Å². The number of nitrogens with zero attached hydrogens (tertiary/aromatic N) is 1. The summed E-state index contributed by atoms with van der Waals surface area (Å²) in [7, 11) is 0. The molecule has 0 fully saturated rings. The molecule has 0 aromatic heterocycles. The molecule has 1 N–H and O–H groups in total. The Hall–Kier alpha value is -3.10. The topological polar surface area (TPSA) is 67.9 Å². The minimum absolute atomic E-state index is 0.209. The van der Waals surface area contributed by atoms with Crippen molar-refractivity contribution in [3.63, 3.8) is 0 Å². The number of nitrogens with one attached hydrogen (secondary N) is 1. The van der Waals surface area contributed by atoms with Gasteiger partial charge in [-0.05, 0) is 79.0 Å². The summed E-state index contributed by atoms with van der Waals surface area (Å²) < 4.78 is 25.8. The van der Waals surface area contributed by atoms with Gasteiger partial charge >= 0.3 is 6.09 Å². The molecule has 200 valence electrons. The molecule has 1 aliphatic rings. The molecule has 0 radical (unpaired) electrons. The highest BCUT2D eigenvalue weighted by atomic mass is 79.9. The van der Waals surface area contributed by atoms with Crippen LogP contribution in [0.4, 0.5) is 9.18 Å². The fourth-order valence-corrected chi connectivity index (χ4v) is 5.03. The Balaban J connectivity index is 1.65. The summed E-state index contributed by atoms with van der Waals surface area (Å²) >= 11 is 9.92. The fraction of sp³-hybridized carbons (Fsp3) is 0.310. The molecule has 3 aromatic rings. The molecule has 0 spiro atoms. The highest BCUT2D eigenvalue weighted by Gasteiger charge is 2.28. The second-order valence-corrected chi connectivity index (χ2v) is 11.4. The van der Waals surface area contributed by atoms with Crippen LogP contribution in [0, 0.1) is 12.7 Å². The van der Waals surface area contributed by atoms with Gasteiger partial charge < -0.3 is 19.7 Å². The number of ether oxygens (including phenoxy) is 2. The first-order valence-electron chi connectivity index (χ1n) is 12.2. The quantitative estimate of drug-likeness (QED) is 0.343. The Labute approximate surface area is 235 Å². The molecule has 9 heteroatoms. The molecule has 0 saturated carbocycles. The normalized spacial score (nSPS) is 14.1. The third-order valence-corrected chi connectivity index (χ3v) is 6.88. The maximum Gasteiger partial charge on any atom is 0.410 e. The van der Waals surface area contributed by atoms with E-state index in [-0.39, 0.29) is 24.1 Å². The maximum absolute atomic E-state index is 13.8. The number of amides is 2. The molecule has 0 saturated heterocycles. The van der Waals surface area contributed by atoms with Gasteiger partial charge in [0, 0.05) is 16.1 Å². The molecule has 6 nitrogen and oxygen atoms in total. The van der Waals surface area contributed by atoms with Gasteiger partial charge in [-0.3, -0.25) is 4.79 Å². The van der Waals surface area contributed by atoms with Crippen molar-refractivity contribution in [3.05, 3.63) is 97.7 Å². The number of hydrogen-bond acceptors (Lipinski definition) is 4. The van der Waals surface area contributed by atoms with Crippen molar-refractivity contribution in [2.75, 3.05) is 13.2 Å². The smallest absolute Gasteiger partial charge is 0.410 e. The summed E-state index contributed by atoms with van der Waals surface area (Å²) in [5.74, 6) is -0.256. The molecule has 0 aliphatic carbocycles. The highest BCUT2D eigenvalue weighted by Crippen LogP contribution is 2.35. The van der Waals surface area contributed by atoms with Crippen LogP contribution < -0.4 is 10.1 Å². The summed E-state index contributed by atoms with van der Waals surface area (Å²) in [5.41, 5.74) is 2.82. The number of carbonyl (C=O) groups is 2. The van der Waals surface area contributed by atoms with Gasteiger partial charge in [-0.2, -0.15) is 0 Å². The Morgan fingerprint density at radius 2 is 1.84 bits per heavy atom. The van der Waals surface area contributed by atoms with Crippen molar-refractivity contribution < 1.29 is 23.5 Å². The summed E-state index contributed by atoms with van der Waals surface area (Å²) in [6, 6.07) is 14.6. The zero-order chi connectivity index (χ0) is 27.6. The van der Waals surface area contributed by atoms with E-state index in [1.807, 2.05) is 52.0 Å². The van der Waals surface area contributed by atoms with E-state index in [2.05, 4.69) is 21.2 Å². The highest BCUT2D eigenvalue weighted by molar-refractivity contribution is 9.10. The van der Waals surface area contributed by atoms with E-state index in [4.69, 9.17) is 21.1 Å². The third-order valence-electron chi connectivity index (χ3n) is 5.96. The van der Waals surface area contributed by atoms with E-state index in [1.54, 1.807) is 23.1 Å². The standard InChI is InChI=1S/C29H29BrClFN2O4/c1-17-5-7-18(8-6-17)25(22-10-9-21(32)15-24(22)31)33-27(35)19-13-20-16-34(28(36)38-29(2,3)4)11-12-37-26(20)23(30)14-19/h5-10,13-15,25H,11-12,16H2,1-4H3,(H,33,35). The molecule has 1 heterocycles. The Morgan fingerprint density at radius 3 is 2.50 bits per heavy atom. The first kappa shape index (κ1) is 27.9. The monoisotopic (exact) mass is 602 g/mol. The first-order chi connectivity index (χ1) is 17.9. The summed E-state index contributed by atoms with van der Waals surface area (Å²) in [6.07, 6.45) is -0.453. The van der Waals surface area contributed by atoms with Crippen molar-refractivity contribution in [2.24, 2.45) is 0 Å². The van der Waals surface area contributed by atoms with Crippen molar-refractivity contribution in [2.45, 2.75) is 45.9 Å². The van der Waals surface area contributed by atoms with Gasteiger partial charge in [0.25, 0.3) is 5.91 Å². The van der Waals surface area contributed by atoms with E-state index >= 15 is 0 Å². The molecular weight excluding hydrogens is 575 g/mol. The van der Waals surface area contributed by atoms with Crippen molar-refractivity contribution in [1.82, 2.24) is 10.2 Å². The first-order valence-corrected chi connectivity index (χ1v) is 13.3. The average Bonchev–Trinajstić information content (AvgIpc) is 3.05. The van der Waals surface area contributed by atoms with Crippen LogP contribution in [-0.4, -0.2) is 35.7 Å². The Morgan fingerprint density at radius 1 is 1.13 bits per heavy atom. The lowest BCUT2D eigenvalue weighted by atomic mass is 9.97. The minimum atomic E-state index is -0.637. The SMILES string of the molecule is Cc1ccc(C(NC(=O)c2cc(Br)c3c(c2)CN(C(=O)OC(C)(C)C)CCO3)c2ccc(F)cc2Cl)cc1. The van der Waals surface area contributed by atoms with Gasteiger partial charge in [0.05, 0.1) is 23.6 Å². The second kappa shape index (κ2) is 11.3. The van der Waals surface area contributed by atoms with Crippen LogP contribution in [0.3, 0.4) is 0 Å². The number of hydrogen-bond donors (Lipinski definition) is 1. The predicted octanol–water partition coefficient (Wildman–Crippen LogP) is 7.20. The second-order valence-electron chi connectivity index (χ2n) is 10.2.